The largest absolute Gasteiger partial charge is 0.308 e. The molecule has 306 valence electrons. The molecule has 15 rings (SSSR count). The summed E-state index contributed by atoms with van der Waals surface area (Å²) in [6.07, 6.45) is 0. The number of rotatable bonds is 6. The van der Waals surface area contributed by atoms with E-state index in [2.05, 4.69) is 249 Å². The first kappa shape index (κ1) is 35.6. The van der Waals surface area contributed by atoms with Crippen LogP contribution < -0.4 is 9.80 Å². The lowest BCUT2D eigenvalue weighted by Crippen LogP contribution is -2.11. The highest BCUT2D eigenvalue weighted by Crippen LogP contribution is 2.52. The van der Waals surface area contributed by atoms with E-state index in [1.54, 1.807) is 0 Å². The van der Waals surface area contributed by atoms with Gasteiger partial charge in [-0.2, -0.15) is 0 Å². The maximum absolute atomic E-state index is 2.62. The zero-order valence-electron chi connectivity index (χ0n) is 35.7. The second-order valence-corrected chi connectivity index (χ2v) is 17.7. The Bertz CT molecular complexity index is 4300. The molecule has 0 unspecified atom stereocenters. The Labute approximate surface area is 379 Å². The molecule has 0 atom stereocenters. The Morgan fingerprint density at radius 2 is 0.682 bits per heavy atom. The summed E-state index contributed by atoms with van der Waals surface area (Å²) in [6.45, 7) is 0. The van der Waals surface area contributed by atoms with Gasteiger partial charge in [0.05, 0.1) is 44.5 Å². The Hall–Kier alpha value is -8.86. The number of anilines is 6. The van der Waals surface area contributed by atoms with E-state index in [0.717, 1.165) is 28.4 Å². The molecule has 0 fully saturated rings. The van der Waals surface area contributed by atoms with E-state index in [4.69, 9.17) is 0 Å². The fraction of sp³-hybridized carbons (Fsp3) is 0. The molecule has 15 aromatic rings. The second-order valence-electron chi connectivity index (χ2n) is 17.7. The van der Waals surface area contributed by atoms with Gasteiger partial charge < -0.3 is 18.6 Å². The second kappa shape index (κ2) is 13.3. The molecule has 66 heavy (non-hydrogen) atoms. The Kier molecular flexibility index (Phi) is 7.19. The molecule has 0 saturated carbocycles. The van der Waals surface area contributed by atoms with E-state index >= 15 is 0 Å². The summed E-state index contributed by atoms with van der Waals surface area (Å²) in [5, 5.41) is 15.0. The first-order chi connectivity index (χ1) is 32.8. The van der Waals surface area contributed by atoms with Crippen LogP contribution in [0, 0.1) is 0 Å². The fourth-order valence-corrected chi connectivity index (χ4v) is 11.6. The van der Waals surface area contributed by atoms with Gasteiger partial charge in [0.15, 0.2) is 0 Å². The predicted octanol–water partition coefficient (Wildman–Crippen LogP) is 17.2. The van der Waals surface area contributed by atoms with Gasteiger partial charge in [0, 0.05) is 71.2 Å². The molecule has 0 aliphatic rings. The third-order valence-corrected chi connectivity index (χ3v) is 14.2. The van der Waals surface area contributed by atoms with Crippen molar-refractivity contribution in [1.29, 1.82) is 0 Å². The van der Waals surface area contributed by atoms with Crippen LogP contribution in [0.5, 0.6) is 0 Å². The van der Waals surface area contributed by atoms with Crippen LogP contribution in [0.25, 0.3) is 97.7 Å². The topological polar surface area (TPSA) is 15.3 Å². The van der Waals surface area contributed by atoms with Crippen molar-refractivity contribution >= 4 is 132 Å². The van der Waals surface area contributed by atoms with Crippen molar-refractivity contribution < 1.29 is 0 Å². The highest BCUT2D eigenvalue weighted by molar-refractivity contribution is 6.36. The third kappa shape index (κ3) is 4.72. The minimum absolute atomic E-state index is 1.12. The quantitative estimate of drug-likeness (QED) is 0.166. The third-order valence-electron chi connectivity index (χ3n) is 14.2. The van der Waals surface area contributed by atoms with Crippen molar-refractivity contribution in [2.75, 3.05) is 9.80 Å². The summed E-state index contributed by atoms with van der Waals surface area (Å²) in [4.78, 5) is 4.89. The molecule has 0 amide bonds. The smallest absolute Gasteiger partial charge is 0.0789 e. The van der Waals surface area contributed by atoms with Gasteiger partial charge in [0.1, 0.15) is 0 Å². The van der Waals surface area contributed by atoms with Crippen molar-refractivity contribution in [3.05, 3.63) is 231 Å². The van der Waals surface area contributed by atoms with E-state index in [9.17, 15) is 0 Å². The molecule has 11 aromatic carbocycles. The van der Waals surface area contributed by atoms with E-state index in [1.165, 1.54) is 103 Å². The lowest BCUT2D eigenvalue weighted by molar-refractivity contribution is 1.27. The highest BCUT2D eigenvalue weighted by Gasteiger charge is 2.29. The molecular weight excluding hydrogens is 801 g/mol. The van der Waals surface area contributed by atoms with Gasteiger partial charge in [-0.3, -0.25) is 0 Å². The van der Waals surface area contributed by atoms with Gasteiger partial charge in [0.2, 0.25) is 0 Å². The van der Waals surface area contributed by atoms with Gasteiger partial charge in [-0.1, -0.05) is 152 Å². The minimum Gasteiger partial charge on any atom is -0.308 e. The van der Waals surface area contributed by atoms with Crippen molar-refractivity contribution in [1.82, 2.24) is 8.80 Å². The summed E-state index contributed by atoms with van der Waals surface area (Å²) in [5.74, 6) is 0. The van der Waals surface area contributed by atoms with Crippen molar-refractivity contribution in [3.8, 4) is 0 Å². The molecule has 4 nitrogen and oxygen atoms in total. The molecule has 0 aliphatic heterocycles. The van der Waals surface area contributed by atoms with Crippen LogP contribution in [0.3, 0.4) is 0 Å². The molecule has 0 spiro atoms. The Morgan fingerprint density at radius 3 is 1.29 bits per heavy atom. The molecule has 0 saturated heterocycles. The van der Waals surface area contributed by atoms with Gasteiger partial charge in [-0.15, -0.1) is 0 Å². The van der Waals surface area contributed by atoms with Crippen molar-refractivity contribution in [2.45, 2.75) is 0 Å². The van der Waals surface area contributed by atoms with E-state index in [0.29, 0.717) is 0 Å². The van der Waals surface area contributed by atoms with Crippen molar-refractivity contribution in [2.24, 2.45) is 0 Å². The SMILES string of the molecule is c1ccc(N(c2ccccc2)c2cccc3c4cccc5c6cc7c(cc6n(c23)c54)c2cc3ccccc3c3c4cc5ccccc5c(N(c5ccccc5)c5ccccc5)c4n7c23)cc1. The van der Waals surface area contributed by atoms with Gasteiger partial charge in [0.25, 0.3) is 0 Å². The van der Waals surface area contributed by atoms with Gasteiger partial charge >= 0.3 is 0 Å². The van der Waals surface area contributed by atoms with E-state index in [-0.39, 0.29) is 0 Å². The van der Waals surface area contributed by atoms with Gasteiger partial charge in [-0.05, 0) is 95.0 Å². The first-order valence-electron chi connectivity index (χ1n) is 22.8. The fourth-order valence-electron chi connectivity index (χ4n) is 11.6. The normalized spacial score (nSPS) is 12.2. The van der Waals surface area contributed by atoms with Gasteiger partial charge in [-0.25, -0.2) is 0 Å². The maximum atomic E-state index is 2.62. The maximum Gasteiger partial charge on any atom is 0.0789 e. The lowest BCUT2D eigenvalue weighted by Gasteiger charge is -2.28. The minimum atomic E-state index is 1.12. The Morgan fingerprint density at radius 1 is 0.258 bits per heavy atom. The van der Waals surface area contributed by atoms with E-state index in [1.807, 2.05) is 0 Å². The number of para-hydroxylation sites is 6. The monoisotopic (exact) mass is 838 g/mol. The Balaban J connectivity index is 1.14. The molecular formula is C62H38N4. The molecule has 0 N–H and O–H groups in total. The zero-order valence-corrected chi connectivity index (χ0v) is 35.7. The average molecular weight is 839 g/mol. The van der Waals surface area contributed by atoms with Crippen LogP contribution in [0.2, 0.25) is 0 Å². The highest BCUT2D eigenvalue weighted by atomic mass is 15.2. The number of hydrogen-bond acceptors (Lipinski definition) is 2. The molecule has 4 aromatic heterocycles. The summed E-state index contributed by atoms with van der Waals surface area (Å²) in [5.41, 5.74) is 14.1. The molecule has 4 heteroatoms. The predicted molar refractivity (Wildman–Crippen MR) is 280 cm³/mol. The summed E-state index contributed by atoms with van der Waals surface area (Å²) >= 11 is 0. The van der Waals surface area contributed by atoms with Crippen LogP contribution in [-0.2, 0) is 0 Å². The molecule has 0 aliphatic carbocycles. The summed E-state index contributed by atoms with van der Waals surface area (Å²) in [7, 11) is 0. The van der Waals surface area contributed by atoms with E-state index < -0.39 is 0 Å². The molecule has 0 bridgehead atoms. The summed E-state index contributed by atoms with van der Waals surface area (Å²) < 4.78 is 5.19. The van der Waals surface area contributed by atoms with Crippen LogP contribution in [0.4, 0.5) is 34.1 Å². The molecule has 4 heterocycles. The average Bonchev–Trinajstić information content (AvgIpc) is 4.10. The van der Waals surface area contributed by atoms with Crippen LogP contribution in [0.15, 0.2) is 231 Å². The lowest BCUT2D eigenvalue weighted by atomic mass is 9.97. The number of fused-ring (bicyclic) bond motifs is 15. The zero-order chi connectivity index (χ0) is 43.0. The van der Waals surface area contributed by atoms with Crippen LogP contribution in [0.1, 0.15) is 0 Å². The number of aromatic nitrogens is 2. The summed E-state index contributed by atoms with van der Waals surface area (Å²) in [6, 6.07) is 84.8. The van der Waals surface area contributed by atoms with Crippen LogP contribution in [-0.4, -0.2) is 8.80 Å². The van der Waals surface area contributed by atoms with Crippen molar-refractivity contribution in [3.63, 3.8) is 0 Å². The molecule has 0 radical (unpaired) electrons. The van der Waals surface area contributed by atoms with Crippen LogP contribution >= 0.6 is 0 Å². The number of hydrogen-bond donors (Lipinski definition) is 0. The number of benzene rings is 11. The standard InChI is InChI=1S/C62H38N4/c1-5-21-41(22-6-1)63(42-23-7-2-8-24-42)54-34-18-33-48-47-31-17-32-49-50-37-56-51(38-55(50)65(58(47)49)59(48)54)52-35-39-19-13-15-29-45(39)57-53-36-40-20-14-16-30-46(40)61(62(53)66(56)60(52)57)64(43-25-9-3-10-26-43)44-27-11-4-12-28-44/h1-38H. The number of nitrogens with zero attached hydrogens (tertiary/aromatic N) is 4. The first-order valence-corrected chi connectivity index (χ1v) is 22.8.